The van der Waals surface area contributed by atoms with E-state index in [1.54, 1.807) is 0 Å². The summed E-state index contributed by atoms with van der Waals surface area (Å²) < 4.78 is 83.2. The van der Waals surface area contributed by atoms with Gasteiger partial charge in [-0.2, -0.15) is 0 Å². The Balaban J connectivity index is 5.65. The maximum Gasteiger partial charge on any atom is 0.513 e. The molecule has 0 radical (unpaired) electrons. The molecule has 0 aromatic carbocycles. The number of methoxy groups -OCH3 is 1. The zero-order valence-electron chi connectivity index (χ0n) is 13.5. The van der Waals surface area contributed by atoms with Crippen LogP contribution in [0.4, 0.5) is 0 Å². The van der Waals surface area contributed by atoms with Gasteiger partial charge in [0, 0.05) is 7.11 Å². The molecule has 0 aromatic heterocycles. The lowest BCUT2D eigenvalue weighted by Gasteiger charge is -2.26. The van der Waals surface area contributed by atoms with Crippen LogP contribution in [0.2, 0.25) is 0 Å². The molecule has 0 saturated heterocycles. The highest BCUT2D eigenvalue weighted by Gasteiger charge is 2.53. The van der Waals surface area contributed by atoms with Crippen LogP contribution in [0, 0.1) is 0 Å². The lowest BCUT2D eigenvalue weighted by Crippen LogP contribution is -2.26. The van der Waals surface area contributed by atoms with Crippen molar-refractivity contribution in [3.8, 4) is 0 Å². The van der Waals surface area contributed by atoms with E-state index in [0.29, 0.717) is 0 Å². The summed E-state index contributed by atoms with van der Waals surface area (Å²) in [5, 5.41) is 0. The van der Waals surface area contributed by atoms with Gasteiger partial charge in [0.05, 0.1) is 0 Å². The van der Waals surface area contributed by atoms with Crippen molar-refractivity contribution in [1.29, 1.82) is 0 Å². The molecule has 0 bridgehead atoms. The highest BCUT2D eigenvalue weighted by Crippen LogP contribution is 2.71. The van der Waals surface area contributed by atoms with Crippen LogP contribution >= 0.6 is 39.3 Å². The predicted octanol–water partition coefficient (Wildman–Crippen LogP) is 4.90. The molecule has 0 aliphatic carbocycles. The maximum atomic E-state index is 12.7. The fraction of sp³-hybridized carbons (Fsp3) is 1.00. The molecular formula is C8H20O10P5+3. The van der Waals surface area contributed by atoms with Crippen molar-refractivity contribution < 1.29 is 45.0 Å². The maximum absolute atomic E-state index is 12.7. The van der Waals surface area contributed by atoms with Crippen molar-refractivity contribution in [1.82, 2.24) is 0 Å². The van der Waals surface area contributed by atoms with Crippen molar-refractivity contribution in [2.75, 3.05) is 33.0 Å². The Morgan fingerprint density at radius 1 is 0.826 bits per heavy atom. The first-order valence-electron chi connectivity index (χ1n) is 5.98. The molecule has 4 atom stereocenters. The van der Waals surface area contributed by atoms with Crippen molar-refractivity contribution >= 4 is 39.3 Å². The first-order valence-corrected chi connectivity index (χ1v) is 14.3. The Labute approximate surface area is 137 Å². The lowest BCUT2D eigenvalue weighted by atomic mass is 10.4. The van der Waals surface area contributed by atoms with Crippen molar-refractivity contribution in [3.63, 3.8) is 0 Å². The first kappa shape index (κ1) is 23.6. The van der Waals surface area contributed by atoms with E-state index in [2.05, 4.69) is 8.62 Å². The third-order valence-corrected chi connectivity index (χ3v) is 11.1. The molecule has 15 heteroatoms. The van der Waals surface area contributed by atoms with E-state index in [0.717, 1.165) is 20.0 Å². The van der Waals surface area contributed by atoms with Gasteiger partial charge in [0.1, 0.15) is 0 Å². The quantitative estimate of drug-likeness (QED) is 0.329. The van der Waals surface area contributed by atoms with Gasteiger partial charge in [-0.05, 0) is 27.5 Å². The smallest absolute Gasteiger partial charge is 0.353 e. The minimum absolute atomic E-state index is 1.02. The molecule has 0 heterocycles. The van der Waals surface area contributed by atoms with Crippen LogP contribution in [0.25, 0.3) is 0 Å². The second-order valence-electron chi connectivity index (χ2n) is 4.62. The summed E-state index contributed by atoms with van der Waals surface area (Å²) in [5.41, 5.74) is 0. The van der Waals surface area contributed by atoms with Gasteiger partial charge in [0.15, 0.2) is 31.7 Å². The van der Waals surface area contributed by atoms with Crippen LogP contribution in [0.15, 0.2) is 0 Å². The molecule has 23 heavy (non-hydrogen) atoms. The molecule has 0 amide bonds. The van der Waals surface area contributed by atoms with Gasteiger partial charge in [0.2, 0.25) is 0 Å². The van der Waals surface area contributed by atoms with Gasteiger partial charge >= 0.3 is 39.3 Å². The minimum Gasteiger partial charge on any atom is -0.353 e. The molecule has 10 nitrogen and oxygen atoms in total. The van der Waals surface area contributed by atoms with Gasteiger partial charge in [-0.3, -0.25) is 13.7 Å². The van der Waals surface area contributed by atoms with E-state index >= 15 is 0 Å². The van der Waals surface area contributed by atoms with E-state index in [1.165, 1.54) is 21.0 Å². The zero-order valence-corrected chi connectivity index (χ0v) is 18.0. The average Bonchev–Trinajstić information content (AvgIpc) is 2.22. The average molecular weight is 431 g/mol. The SMILES string of the molecule is COC(C)(C)OP(=O)(CP(=O)(O[P+](C)=O)O[P+](C)=O)O[P+](C)=O. The number of hydrogen-bond acceptors (Lipinski definition) is 10. The molecular weight excluding hydrogens is 411 g/mol. The normalized spacial score (nSPS) is 19.5. The predicted molar refractivity (Wildman–Crippen MR) is 86.1 cm³/mol. The number of hydrogen-bond donors (Lipinski definition) is 0. The fourth-order valence-corrected chi connectivity index (χ4v) is 10.7. The van der Waals surface area contributed by atoms with E-state index in [1.807, 2.05) is 0 Å². The molecule has 0 fully saturated rings. The van der Waals surface area contributed by atoms with Crippen LogP contribution in [-0.2, 0) is 45.0 Å². The summed E-state index contributed by atoms with van der Waals surface area (Å²) in [5.74, 6) is -2.46. The number of ether oxygens (including phenoxy) is 1. The molecule has 0 rings (SSSR count). The molecule has 134 valence electrons. The Hall–Kier alpha value is 0.560. The first-order chi connectivity index (χ1) is 10.2. The van der Waals surface area contributed by atoms with Gasteiger partial charge < -0.3 is 4.74 Å². The van der Waals surface area contributed by atoms with E-state index < -0.39 is 51.0 Å². The van der Waals surface area contributed by atoms with Gasteiger partial charge in [-0.1, -0.05) is 12.9 Å². The molecule has 0 N–H and O–H groups in total. The summed E-state index contributed by atoms with van der Waals surface area (Å²) in [6, 6.07) is 0. The van der Waals surface area contributed by atoms with Crippen LogP contribution in [0.5, 0.6) is 0 Å². The van der Waals surface area contributed by atoms with Crippen LogP contribution in [-0.4, -0.2) is 38.8 Å². The largest absolute Gasteiger partial charge is 0.513 e. The summed E-state index contributed by atoms with van der Waals surface area (Å²) in [6.45, 7) is 6.05. The zero-order chi connectivity index (χ0) is 18.5. The molecule has 0 aromatic rings. The standard InChI is InChI=1S/C8H20O10P5/c1-8(2,14-3)15-22(12,16-19(4)9)7-23(13,17-20(5)10)18-21(6)11/h7H2,1-6H3/q+3. The molecule has 0 aliphatic heterocycles. The van der Waals surface area contributed by atoms with E-state index in [4.69, 9.17) is 13.6 Å². The Kier molecular flexibility index (Phi) is 9.54. The second-order valence-corrected chi connectivity index (χ2v) is 13.0. The third kappa shape index (κ3) is 10.2. The Morgan fingerprint density at radius 3 is 1.48 bits per heavy atom. The number of rotatable bonds is 11. The topological polar surface area (TPSA) is 132 Å². The minimum atomic E-state index is -4.37. The van der Waals surface area contributed by atoms with E-state index in [9.17, 15) is 22.8 Å². The highest BCUT2D eigenvalue weighted by atomic mass is 31.3. The van der Waals surface area contributed by atoms with Gasteiger partial charge in [0.25, 0.3) is 0 Å². The van der Waals surface area contributed by atoms with Gasteiger partial charge in [-0.15, -0.1) is 0 Å². The van der Waals surface area contributed by atoms with Crippen LogP contribution in [0.1, 0.15) is 13.8 Å². The molecule has 0 spiro atoms. The lowest BCUT2D eigenvalue weighted by molar-refractivity contribution is -0.137. The van der Waals surface area contributed by atoms with Crippen LogP contribution < -0.4 is 0 Å². The van der Waals surface area contributed by atoms with E-state index in [-0.39, 0.29) is 0 Å². The second kappa shape index (κ2) is 9.31. The highest BCUT2D eigenvalue weighted by molar-refractivity contribution is 7.78. The van der Waals surface area contributed by atoms with Gasteiger partial charge in [-0.25, -0.2) is 0 Å². The summed E-state index contributed by atoms with van der Waals surface area (Å²) in [7, 11) is -14.7. The van der Waals surface area contributed by atoms with Crippen molar-refractivity contribution in [2.24, 2.45) is 0 Å². The molecule has 0 saturated carbocycles. The van der Waals surface area contributed by atoms with Crippen molar-refractivity contribution in [2.45, 2.75) is 19.6 Å². The summed E-state index contributed by atoms with van der Waals surface area (Å²) >= 11 is 0. The monoisotopic (exact) mass is 431 g/mol. The summed E-state index contributed by atoms with van der Waals surface area (Å²) in [6.07, 6.45) is 0. The third-order valence-electron chi connectivity index (χ3n) is 1.92. The fourth-order valence-electron chi connectivity index (χ4n) is 1.25. The Bertz CT molecular complexity index is 552. The molecule has 4 unspecified atom stereocenters. The Morgan fingerprint density at radius 2 is 1.17 bits per heavy atom. The molecule has 0 aliphatic rings. The summed E-state index contributed by atoms with van der Waals surface area (Å²) in [4.78, 5) is 0. The van der Waals surface area contributed by atoms with Crippen molar-refractivity contribution in [3.05, 3.63) is 0 Å². The van der Waals surface area contributed by atoms with Crippen LogP contribution in [0.3, 0.4) is 0 Å².